The molecule has 1 aliphatic heterocycles. The Labute approximate surface area is 143 Å². The molecule has 0 aromatic carbocycles. The average molecular weight is 327 g/mol. The van der Waals surface area contributed by atoms with Crippen LogP contribution in [0.2, 0.25) is 0 Å². The summed E-state index contributed by atoms with van der Waals surface area (Å²) in [6, 6.07) is 6.26. The van der Waals surface area contributed by atoms with E-state index in [1.807, 2.05) is 17.2 Å². The molecule has 1 amide bonds. The van der Waals surface area contributed by atoms with Gasteiger partial charge in [-0.3, -0.25) is 19.4 Å². The maximum Gasteiger partial charge on any atom is 0.272 e. The maximum absolute atomic E-state index is 12.5. The number of amides is 1. The Balaban J connectivity index is 1.62. The van der Waals surface area contributed by atoms with Crippen molar-refractivity contribution in [1.29, 1.82) is 0 Å². The number of rotatable bonds is 6. The Morgan fingerprint density at radius 3 is 2.71 bits per heavy atom. The van der Waals surface area contributed by atoms with Gasteiger partial charge in [-0.05, 0) is 23.6 Å². The Morgan fingerprint density at radius 2 is 2.12 bits per heavy atom. The van der Waals surface area contributed by atoms with E-state index in [0.29, 0.717) is 17.7 Å². The number of carbonyl (C=O) groups excluding carboxylic acids is 1. The summed E-state index contributed by atoms with van der Waals surface area (Å²) < 4.78 is 1.64. The lowest BCUT2D eigenvalue weighted by atomic mass is 10.0. The van der Waals surface area contributed by atoms with Gasteiger partial charge in [-0.1, -0.05) is 19.9 Å². The third-order valence-electron chi connectivity index (χ3n) is 4.41. The van der Waals surface area contributed by atoms with E-state index in [9.17, 15) is 4.79 Å². The van der Waals surface area contributed by atoms with E-state index in [1.54, 1.807) is 30.2 Å². The number of hydrogen-bond acceptors (Lipinski definition) is 4. The minimum Gasteiger partial charge on any atom is -0.334 e. The second-order valence-corrected chi connectivity index (χ2v) is 6.89. The van der Waals surface area contributed by atoms with E-state index in [2.05, 4.69) is 34.9 Å². The van der Waals surface area contributed by atoms with Gasteiger partial charge in [0, 0.05) is 57.9 Å². The number of aryl methyl sites for hydroxylation is 1. The fourth-order valence-electron chi connectivity index (χ4n) is 3.14. The van der Waals surface area contributed by atoms with Crippen LogP contribution in [0.3, 0.4) is 0 Å². The van der Waals surface area contributed by atoms with E-state index in [0.717, 1.165) is 26.2 Å². The molecule has 0 atom stereocenters. The number of nitrogens with zero attached hydrogens (tertiary/aromatic N) is 5. The first-order valence-electron chi connectivity index (χ1n) is 8.45. The van der Waals surface area contributed by atoms with Crippen LogP contribution in [0.1, 0.15) is 29.9 Å². The molecule has 1 aliphatic rings. The van der Waals surface area contributed by atoms with Crippen molar-refractivity contribution in [2.24, 2.45) is 13.0 Å². The van der Waals surface area contributed by atoms with Crippen LogP contribution in [0.25, 0.3) is 0 Å². The van der Waals surface area contributed by atoms with Gasteiger partial charge in [0.1, 0.15) is 5.69 Å². The zero-order valence-corrected chi connectivity index (χ0v) is 14.6. The first-order chi connectivity index (χ1) is 11.5. The third-order valence-corrected chi connectivity index (χ3v) is 4.41. The van der Waals surface area contributed by atoms with Gasteiger partial charge in [-0.2, -0.15) is 5.10 Å². The zero-order chi connectivity index (χ0) is 17.1. The fourth-order valence-corrected chi connectivity index (χ4v) is 3.14. The second kappa shape index (κ2) is 7.13. The van der Waals surface area contributed by atoms with Crippen molar-refractivity contribution in [1.82, 2.24) is 24.6 Å². The predicted octanol–water partition coefficient (Wildman–Crippen LogP) is 1.80. The van der Waals surface area contributed by atoms with Gasteiger partial charge in [-0.15, -0.1) is 0 Å². The van der Waals surface area contributed by atoms with Crippen molar-refractivity contribution in [2.75, 3.05) is 19.6 Å². The van der Waals surface area contributed by atoms with Crippen LogP contribution in [0.5, 0.6) is 0 Å². The van der Waals surface area contributed by atoms with Crippen molar-refractivity contribution >= 4 is 5.91 Å². The van der Waals surface area contributed by atoms with Crippen LogP contribution in [0, 0.1) is 5.92 Å². The Bertz CT molecular complexity index is 676. The molecule has 6 heteroatoms. The van der Waals surface area contributed by atoms with Gasteiger partial charge in [0.25, 0.3) is 5.91 Å². The Hall–Kier alpha value is -2.21. The predicted molar refractivity (Wildman–Crippen MR) is 92.4 cm³/mol. The molecule has 0 bridgehead atoms. The van der Waals surface area contributed by atoms with Gasteiger partial charge in [0.15, 0.2) is 0 Å². The molecule has 1 saturated heterocycles. The Kier molecular flexibility index (Phi) is 4.94. The topological polar surface area (TPSA) is 54.3 Å². The van der Waals surface area contributed by atoms with Crippen LogP contribution < -0.4 is 0 Å². The molecule has 0 saturated carbocycles. The van der Waals surface area contributed by atoms with Gasteiger partial charge in [-0.25, -0.2) is 0 Å². The van der Waals surface area contributed by atoms with Gasteiger partial charge in [0.2, 0.25) is 0 Å². The number of likely N-dealkylation sites (tertiary alicyclic amines) is 1. The quantitative estimate of drug-likeness (QED) is 0.812. The lowest BCUT2D eigenvalue weighted by Crippen LogP contribution is -2.61. The first-order valence-corrected chi connectivity index (χ1v) is 8.45. The summed E-state index contributed by atoms with van der Waals surface area (Å²) in [5.41, 5.74) is 1.87. The lowest BCUT2D eigenvalue weighted by molar-refractivity contribution is 0.0189. The SMILES string of the molecule is CC(C)CN(Cc1cccnc1)C1CN(C(=O)c2ccnn2C)C1. The monoisotopic (exact) mass is 327 g/mol. The van der Waals surface area contributed by atoms with Crippen molar-refractivity contribution in [3.63, 3.8) is 0 Å². The number of hydrogen-bond donors (Lipinski definition) is 0. The summed E-state index contributed by atoms with van der Waals surface area (Å²) in [5.74, 6) is 0.653. The summed E-state index contributed by atoms with van der Waals surface area (Å²) in [6.07, 6.45) is 5.39. The Morgan fingerprint density at radius 1 is 1.33 bits per heavy atom. The molecule has 2 aromatic rings. The van der Waals surface area contributed by atoms with Crippen molar-refractivity contribution < 1.29 is 4.79 Å². The number of pyridine rings is 1. The summed E-state index contributed by atoms with van der Waals surface area (Å²) in [6.45, 7) is 7.91. The highest BCUT2D eigenvalue weighted by molar-refractivity contribution is 5.93. The van der Waals surface area contributed by atoms with E-state index >= 15 is 0 Å². The molecule has 0 unspecified atom stereocenters. The van der Waals surface area contributed by atoms with E-state index < -0.39 is 0 Å². The highest BCUT2D eigenvalue weighted by Crippen LogP contribution is 2.21. The molecule has 0 radical (unpaired) electrons. The van der Waals surface area contributed by atoms with E-state index in [1.165, 1.54) is 5.56 Å². The maximum atomic E-state index is 12.5. The number of aromatic nitrogens is 3. The van der Waals surface area contributed by atoms with Crippen LogP contribution in [0.15, 0.2) is 36.8 Å². The molecule has 1 fully saturated rings. The summed E-state index contributed by atoms with van der Waals surface area (Å²) in [5, 5.41) is 4.08. The van der Waals surface area contributed by atoms with Gasteiger partial charge < -0.3 is 4.90 Å². The molecule has 128 valence electrons. The molecule has 2 aromatic heterocycles. The average Bonchev–Trinajstić information content (AvgIpc) is 2.92. The van der Waals surface area contributed by atoms with Crippen LogP contribution in [-0.4, -0.2) is 56.1 Å². The first kappa shape index (κ1) is 16.6. The molecule has 3 rings (SSSR count). The van der Waals surface area contributed by atoms with Crippen molar-refractivity contribution in [3.05, 3.63) is 48.0 Å². The molecule has 6 nitrogen and oxygen atoms in total. The van der Waals surface area contributed by atoms with Crippen molar-refractivity contribution in [2.45, 2.75) is 26.4 Å². The molecular formula is C18H25N5O. The molecular weight excluding hydrogens is 302 g/mol. The standard InChI is InChI=1S/C18H25N5O/c1-14(2)10-22(11-15-5-4-7-19-9-15)16-12-23(13-16)18(24)17-6-8-20-21(17)3/h4-9,14,16H,10-13H2,1-3H3. The van der Waals surface area contributed by atoms with Crippen LogP contribution in [-0.2, 0) is 13.6 Å². The highest BCUT2D eigenvalue weighted by Gasteiger charge is 2.36. The van der Waals surface area contributed by atoms with Gasteiger partial charge in [0.05, 0.1) is 0 Å². The normalized spacial score (nSPS) is 15.1. The summed E-state index contributed by atoms with van der Waals surface area (Å²) >= 11 is 0. The molecule has 24 heavy (non-hydrogen) atoms. The van der Waals surface area contributed by atoms with Crippen molar-refractivity contribution in [3.8, 4) is 0 Å². The van der Waals surface area contributed by atoms with E-state index in [-0.39, 0.29) is 5.91 Å². The molecule has 0 aliphatic carbocycles. The molecule has 0 spiro atoms. The second-order valence-electron chi connectivity index (χ2n) is 6.89. The minimum atomic E-state index is 0.0668. The smallest absolute Gasteiger partial charge is 0.272 e. The van der Waals surface area contributed by atoms with Gasteiger partial charge >= 0.3 is 0 Å². The zero-order valence-electron chi connectivity index (χ0n) is 14.6. The minimum absolute atomic E-state index is 0.0668. The molecule has 0 N–H and O–H groups in total. The summed E-state index contributed by atoms with van der Waals surface area (Å²) in [4.78, 5) is 21.1. The summed E-state index contributed by atoms with van der Waals surface area (Å²) in [7, 11) is 1.80. The molecule has 3 heterocycles. The largest absolute Gasteiger partial charge is 0.334 e. The highest BCUT2D eigenvalue weighted by atomic mass is 16.2. The van der Waals surface area contributed by atoms with E-state index in [4.69, 9.17) is 0 Å². The fraction of sp³-hybridized carbons (Fsp3) is 0.500. The van der Waals surface area contributed by atoms with Crippen LogP contribution in [0.4, 0.5) is 0 Å². The van der Waals surface area contributed by atoms with Crippen LogP contribution >= 0.6 is 0 Å². The lowest BCUT2D eigenvalue weighted by Gasteiger charge is -2.46. The number of carbonyl (C=O) groups is 1. The third kappa shape index (κ3) is 3.64.